The summed E-state index contributed by atoms with van der Waals surface area (Å²) in [5.41, 5.74) is 0.852. The lowest BCUT2D eigenvalue weighted by atomic mass is 10.2. The lowest BCUT2D eigenvalue weighted by Crippen LogP contribution is -2.00. The van der Waals surface area contributed by atoms with E-state index in [0.717, 1.165) is 23.1 Å². The van der Waals surface area contributed by atoms with Crippen LogP contribution in [0.5, 0.6) is 5.75 Å². The molecular formula is C14H18O3S. The van der Waals surface area contributed by atoms with Crippen molar-refractivity contribution in [3.63, 3.8) is 0 Å². The average Bonchev–Trinajstić information content (AvgIpc) is 2.37. The van der Waals surface area contributed by atoms with E-state index in [0.29, 0.717) is 6.61 Å². The molecule has 0 unspecified atom stereocenters. The van der Waals surface area contributed by atoms with Crippen LogP contribution in [0.1, 0.15) is 18.9 Å². The van der Waals surface area contributed by atoms with Crippen molar-refractivity contribution in [1.82, 2.24) is 0 Å². The highest BCUT2D eigenvalue weighted by molar-refractivity contribution is 7.99. The highest BCUT2D eigenvalue weighted by Gasteiger charge is 1.95. The molecule has 0 aliphatic heterocycles. The van der Waals surface area contributed by atoms with Crippen LogP contribution >= 0.6 is 11.8 Å². The molecule has 0 aromatic heterocycles. The molecule has 0 radical (unpaired) electrons. The zero-order chi connectivity index (χ0) is 13.2. The second-order valence-corrected chi connectivity index (χ2v) is 4.93. The van der Waals surface area contributed by atoms with Crippen molar-refractivity contribution < 1.29 is 14.6 Å². The number of hydrogen-bond acceptors (Lipinski definition) is 3. The number of ether oxygens (including phenoxy) is 1. The molecule has 98 valence electrons. The van der Waals surface area contributed by atoms with E-state index in [4.69, 9.17) is 9.84 Å². The van der Waals surface area contributed by atoms with E-state index in [1.807, 2.05) is 36.0 Å². The van der Waals surface area contributed by atoms with Crippen molar-refractivity contribution in [3.8, 4) is 5.75 Å². The van der Waals surface area contributed by atoms with Gasteiger partial charge < -0.3 is 9.84 Å². The van der Waals surface area contributed by atoms with E-state index in [9.17, 15) is 4.79 Å². The van der Waals surface area contributed by atoms with Gasteiger partial charge in [0.15, 0.2) is 0 Å². The second kappa shape index (κ2) is 8.64. The normalized spacial score (nSPS) is 10.7. The van der Waals surface area contributed by atoms with E-state index in [1.54, 1.807) is 6.08 Å². The summed E-state index contributed by atoms with van der Waals surface area (Å²) in [5, 5.41) is 8.50. The van der Waals surface area contributed by atoms with Gasteiger partial charge in [0.1, 0.15) is 5.75 Å². The minimum Gasteiger partial charge on any atom is -0.493 e. The van der Waals surface area contributed by atoms with Crippen molar-refractivity contribution in [2.75, 3.05) is 18.1 Å². The molecule has 1 N–H and O–H groups in total. The van der Waals surface area contributed by atoms with Gasteiger partial charge in [-0.1, -0.05) is 19.1 Å². The number of carboxylic acids is 1. The Labute approximate surface area is 112 Å². The molecule has 18 heavy (non-hydrogen) atoms. The third-order valence-corrected chi connectivity index (χ3v) is 3.30. The molecule has 4 heteroatoms. The molecular weight excluding hydrogens is 248 g/mol. The molecule has 1 rings (SSSR count). The van der Waals surface area contributed by atoms with Gasteiger partial charge in [0.2, 0.25) is 0 Å². The van der Waals surface area contributed by atoms with E-state index in [2.05, 4.69) is 6.92 Å². The van der Waals surface area contributed by atoms with Crippen LogP contribution in [0.25, 0.3) is 6.08 Å². The molecule has 0 aliphatic carbocycles. The van der Waals surface area contributed by atoms with Crippen LogP contribution < -0.4 is 4.74 Å². The van der Waals surface area contributed by atoms with Gasteiger partial charge in [-0.3, -0.25) is 0 Å². The SMILES string of the molecule is CCCSCCOc1ccc(C=CC(=O)O)cc1. The van der Waals surface area contributed by atoms with Crippen LogP contribution in [0.2, 0.25) is 0 Å². The van der Waals surface area contributed by atoms with Crippen molar-refractivity contribution in [1.29, 1.82) is 0 Å². The van der Waals surface area contributed by atoms with E-state index in [1.165, 1.54) is 12.2 Å². The average molecular weight is 266 g/mol. The Bertz CT molecular complexity index is 385. The van der Waals surface area contributed by atoms with E-state index in [-0.39, 0.29) is 0 Å². The highest BCUT2D eigenvalue weighted by Crippen LogP contribution is 2.13. The molecule has 0 fully saturated rings. The van der Waals surface area contributed by atoms with Gasteiger partial charge in [0.05, 0.1) is 6.61 Å². The van der Waals surface area contributed by atoms with Crippen LogP contribution in [0, 0.1) is 0 Å². The molecule has 0 atom stereocenters. The predicted molar refractivity (Wildman–Crippen MR) is 76.2 cm³/mol. The van der Waals surface area contributed by atoms with Crippen molar-refractivity contribution in [2.24, 2.45) is 0 Å². The first-order valence-corrected chi connectivity index (χ1v) is 7.09. The summed E-state index contributed by atoms with van der Waals surface area (Å²) in [5.74, 6) is 2.04. The third-order valence-electron chi connectivity index (χ3n) is 2.14. The van der Waals surface area contributed by atoms with Gasteiger partial charge in [-0.15, -0.1) is 0 Å². The highest BCUT2D eigenvalue weighted by atomic mass is 32.2. The Kier molecular flexibility index (Phi) is 7.03. The fraction of sp³-hybridized carbons (Fsp3) is 0.357. The molecule has 1 aromatic carbocycles. The minimum absolute atomic E-state index is 0.703. The molecule has 0 bridgehead atoms. The monoisotopic (exact) mass is 266 g/mol. The number of rotatable bonds is 8. The van der Waals surface area contributed by atoms with Gasteiger partial charge in [0.25, 0.3) is 0 Å². The lowest BCUT2D eigenvalue weighted by Gasteiger charge is -2.05. The van der Waals surface area contributed by atoms with Crippen molar-refractivity contribution >= 4 is 23.8 Å². The van der Waals surface area contributed by atoms with Crippen molar-refractivity contribution in [3.05, 3.63) is 35.9 Å². The number of benzene rings is 1. The van der Waals surface area contributed by atoms with Crippen LogP contribution in [-0.2, 0) is 4.79 Å². The van der Waals surface area contributed by atoms with Crippen LogP contribution in [0.15, 0.2) is 30.3 Å². The number of carbonyl (C=O) groups is 1. The molecule has 0 saturated carbocycles. The molecule has 0 saturated heterocycles. The Morgan fingerprint density at radius 3 is 2.67 bits per heavy atom. The van der Waals surface area contributed by atoms with Gasteiger partial charge in [-0.05, 0) is 35.9 Å². The maximum atomic E-state index is 10.4. The third kappa shape index (κ3) is 6.35. The first kappa shape index (κ1) is 14.6. The molecule has 0 heterocycles. The minimum atomic E-state index is -0.941. The largest absolute Gasteiger partial charge is 0.493 e. The van der Waals surface area contributed by atoms with E-state index >= 15 is 0 Å². The quantitative estimate of drug-likeness (QED) is 0.579. The standard InChI is InChI=1S/C14H18O3S/c1-2-10-18-11-9-17-13-6-3-12(4-7-13)5-8-14(15)16/h3-8H,2,9-11H2,1H3,(H,15,16). The molecule has 3 nitrogen and oxygen atoms in total. The Balaban J connectivity index is 2.34. The number of aliphatic carboxylic acids is 1. The predicted octanol–water partition coefficient (Wildman–Crippen LogP) is 3.31. The fourth-order valence-corrected chi connectivity index (χ4v) is 2.00. The summed E-state index contributed by atoms with van der Waals surface area (Å²) < 4.78 is 5.57. The zero-order valence-electron chi connectivity index (χ0n) is 10.5. The van der Waals surface area contributed by atoms with Gasteiger partial charge in [0, 0.05) is 11.8 Å². The molecule has 1 aromatic rings. The maximum absolute atomic E-state index is 10.4. The smallest absolute Gasteiger partial charge is 0.328 e. The van der Waals surface area contributed by atoms with Crippen molar-refractivity contribution in [2.45, 2.75) is 13.3 Å². The Hall–Kier alpha value is -1.42. The van der Waals surface area contributed by atoms with Crippen LogP contribution in [0.4, 0.5) is 0 Å². The topological polar surface area (TPSA) is 46.5 Å². The van der Waals surface area contributed by atoms with Gasteiger partial charge >= 0.3 is 5.97 Å². The lowest BCUT2D eigenvalue weighted by molar-refractivity contribution is -0.131. The summed E-state index contributed by atoms with van der Waals surface area (Å²) >= 11 is 1.89. The number of carboxylic acid groups (broad SMARTS) is 1. The first-order valence-electron chi connectivity index (χ1n) is 5.94. The number of hydrogen-bond donors (Lipinski definition) is 1. The van der Waals surface area contributed by atoms with Gasteiger partial charge in [-0.2, -0.15) is 11.8 Å². The van der Waals surface area contributed by atoms with Crippen LogP contribution in [0.3, 0.4) is 0 Å². The summed E-state index contributed by atoms with van der Waals surface area (Å²) in [4.78, 5) is 10.4. The summed E-state index contributed by atoms with van der Waals surface area (Å²) in [6.07, 6.45) is 3.87. The van der Waals surface area contributed by atoms with Gasteiger partial charge in [-0.25, -0.2) is 4.79 Å². The summed E-state index contributed by atoms with van der Waals surface area (Å²) in [7, 11) is 0. The zero-order valence-corrected chi connectivity index (χ0v) is 11.3. The summed E-state index contributed by atoms with van der Waals surface area (Å²) in [6, 6.07) is 7.39. The Morgan fingerprint density at radius 2 is 2.06 bits per heavy atom. The fourth-order valence-electron chi connectivity index (χ4n) is 1.31. The summed E-state index contributed by atoms with van der Waals surface area (Å²) in [6.45, 7) is 2.87. The number of thioether (sulfide) groups is 1. The molecule has 0 spiro atoms. The molecule has 0 aliphatic rings. The molecule has 0 amide bonds. The first-order chi connectivity index (χ1) is 8.72. The Morgan fingerprint density at radius 1 is 1.33 bits per heavy atom. The maximum Gasteiger partial charge on any atom is 0.328 e. The van der Waals surface area contributed by atoms with Crippen LogP contribution in [-0.4, -0.2) is 29.2 Å². The van der Waals surface area contributed by atoms with E-state index < -0.39 is 5.97 Å². The second-order valence-electron chi connectivity index (χ2n) is 3.70.